The van der Waals surface area contributed by atoms with Gasteiger partial charge in [0.2, 0.25) is 5.91 Å². The number of carbonyl (C=O) groups excluding carboxylic acids is 2. The second-order valence-corrected chi connectivity index (χ2v) is 4.72. The molecule has 0 aromatic carbocycles. The molecule has 0 unspecified atom stereocenters. The van der Waals surface area contributed by atoms with E-state index in [2.05, 4.69) is 15.0 Å². The predicted molar refractivity (Wildman–Crippen MR) is 68.2 cm³/mol. The number of rotatable bonds is 5. The van der Waals surface area contributed by atoms with Crippen LogP contribution in [0.5, 0.6) is 0 Å². The van der Waals surface area contributed by atoms with Crippen LogP contribution in [0.3, 0.4) is 0 Å². The van der Waals surface area contributed by atoms with E-state index < -0.39 is 0 Å². The van der Waals surface area contributed by atoms with Crippen molar-refractivity contribution >= 4 is 11.9 Å². The second kappa shape index (κ2) is 7.33. The molecule has 1 heterocycles. The Morgan fingerprint density at radius 1 is 1.33 bits per heavy atom. The van der Waals surface area contributed by atoms with Crippen LogP contribution in [0, 0.1) is 0 Å². The lowest BCUT2D eigenvalue weighted by atomic mass is 10.3. The summed E-state index contributed by atoms with van der Waals surface area (Å²) >= 11 is 0. The molecule has 1 fully saturated rings. The number of nitrogens with one attached hydrogen (secondary N) is 1. The van der Waals surface area contributed by atoms with E-state index in [9.17, 15) is 9.59 Å². The van der Waals surface area contributed by atoms with Gasteiger partial charge in [-0.05, 0) is 13.8 Å². The molecule has 0 radical (unpaired) electrons. The van der Waals surface area contributed by atoms with Crippen molar-refractivity contribution in [3.05, 3.63) is 0 Å². The van der Waals surface area contributed by atoms with Crippen molar-refractivity contribution in [1.82, 2.24) is 15.1 Å². The maximum Gasteiger partial charge on any atom is 0.325 e. The highest BCUT2D eigenvalue weighted by atomic mass is 16.5. The van der Waals surface area contributed by atoms with Crippen LogP contribution >= 0.6 is 0 Å². The molecule has 0 bridgehead atoms. The Balaban J connectivity index is 2.50. The number of amides is 1. The summed E-state index contributed by atoms with van der Waals surface area (Å²) in [6.07, 6.45) is 0. The molecule has 0 aliphatic carbocycles. The van der Waals surface area contributed by atoms with Crippen LogP contribution in [0.25, 0.3) is 0 Å². The molecule has 1 aliphatic heterocycles. The molecule has 1 rings (SSSR count). The van der Waals surface area contributed by atoms with Crippen LogP contribution in [0.2, 0.25) is 0 Å². The van der Waals surface area contributed by atoms with Crippen LogP contribution in [0.1, 0.15) is 13.8 Å². The highest BCUT2D eigenvalue weighted by Crippen LogP contribution is 2.02. The Morgan fingerprint density at radius 2 is 1.94 bits per heavy atom. The molecule has 6 heteroatoms. The summed E-state index contributed by atoms with van der Waals surface area (Å²) in [7, 11) is 1.33. The van der Waals surface area contributed by atoms with Gasteiger partial charge in [0.1, 0.15) is 6.54 Å². The van der Waals surface area contributed by atoms with Crippen molar-refractivity contribution in [2.45, 2.75) is 19.9 Å². The fourth-order valence-electron chi connectivity index (χ4n) is 1.91. The monoisotopic (exact) mass is 257 g/mol. The first kappa shape index (κ1) is 14.9. The van der Waals surface area contributed by atoms with Gasteiger partial charge in [-0.2, -0.15) is 0 Å². The molecule has 0 aromatic heterocycles. The summed E-state index contributed by atoms with van der Waals surface area (Å²) in [5.74, 6) is -0.394. The molecule has 0 atom stereocenters. The summed E-state index contributed by atoms with van der Waals surface area (Å²) in [5, 5.41) is 3.24. The van der Waals surface area contributed by atoms with E-state index in [-0.39, 0.29) is 24.5 Å². The molecule has 1 N–H and O–H groups in total. The van der Waals surface area contributed by atoms with Crippen LogP contribution in [0.4, 0.5) is 0 Å². The van der Waals surface area contributed by atoms with Crippen molar-refractivity contribution in [2.75, 3.05) is 46.4 Å². The van der Waals surface area contributed by atoms with E-state index in [4.69, 9.17) is 0 Å². The molecule has 1 saturated heterocycles. The standard InChI is InChI=1S/C12H23N3O3/c1-10(2)15(9-12(17)18-3)11(16)8-14-6-4-13-5-7-14/h10,13H,4-9H2,1-3H3. The van der Waals surface area contributed by atoms with E-state index in [1.54, 1.807) is 4.90 Å². The van der Waals surface area contributed by atoms with Crippen molar-refractivity contribution in [3.63, 3.8) is 0 Å². The van der Waals surface area contributed by atoms with E-state index >= 15 is 0 Å². The normalized spacial score (nSPS) is 16.7. The lowest BCUT2D eigenvalue weighted by molar-refractivity contribution is -0.148. The summed E-state index contributed by atoms with van der Waals surface area (Å²) in [6.45, 7) is 7.76. The second-order valence-electron chi connectivity index (χ2n) is 4.72. The highest BCUT2D eigenvalue weighted by Gasteiger charge is 2.23. The summed E-state index contributed by atoms with van der Waals surface area (Å²) in [4.78, 5) is 27.1. The quantitative estimate of drug-likeness (QED) is 0.660. The maximum atomic E-state index is 12.2. The fourth-order valence-corrected chi connectivity index (χ4v) is 1.91. The van der Waals surface area contributed by atoms with Crippen molar-refractivity contribution in [2.24, 2.45) is 0 Å². The maximum absolute atomic E-state index is 12.2. The van der Waals surface area contributed by atoms with Crippen LogP contribution in [0.15, 0.2) is 0 Å². The Kier molecular flexibility index (Phi) is 6.07. The molecule has 0 spiro atoms. The lowest BCUT2D eigenvalue weighted by Crippen LogP contribution is -2.50. The fraction of sp³-hybridized carbons (Fsp3) is 0.833. The smallest absolute Gasteiger partial charge is 0.325 e. The minimum absolute atomic E-state index is 0.000449. The van der Waals surface area contributed by atoms with Gasteiger partial charge >= 0.3 is 5.97 Å². The number of carbonyl (C=O) groups is 2. The van der Waals surface area contributed by atoms with Crippen molar-refractivity contribution < 1.29 is 14.3 Å². The van der Waals surface area contributed by atoms with Gasteiger partial charge in [-0.3, -0.25) is 14.5 Å². The first-order valence-electron chi connectivity index (χ1n) is 6.34. The third kappa shape index (κ3) is 4.62. The third-order valence-corrected chi connectivity index (χ3v) is 3.04. The number of nitrogens with zero attached hydrogens (tertiary/aromatic N) is 2. The zero-order valence-electron chi connectivity index (χ0n) is 11.4. The number of ether oxygens (including phenoxy) is 1. The van der Waals surface area contributed by atoms with Gasteiger partial charge in [0.15, 0.2) is 0 Å². The van der Waals surface area contributed by atoms with Gasteiger partial charge in [0.25, 0.3) is 0 Å². The Hall–Kier alpha value is -1.14. The number of hydrogen-bond acceptors (Lipinski definition) is 5. The van der Waals surface area contributed by atoms with Gasteiger partial charge in [0, 0.05) is 32.2 Å². The van der Waals surface area contributed by atoms with Crippen LogP contribution in [-0.4, -0.2) is 74.1 Å². The van der Waals surface area contributed by atoms with Gasteiger partial charge in [-0.15, -0.1) is 0 Å². The van der Waals surface area contributed by atoms with Gasteiger partial charge in [-0.25, -0.2) is 0 Å². The van der Waals surface area contributed by atoms with Gasteiger partial charge in [-0.1, -0.05) is 0 Å². The van der Waals surface area contributed by atoms with Crippen molar-refractivity contribution in [3.8, 4) is 0 Å². The number of methoxy groups -OCH3 is 1. The molecule has 104 valence electrons. The van der Waals surface area contributed by atoms with Crippen LogP contribution in [-0.2, 0) is 14.3 Å². The predicted octanol–water partition coefficient (Wildman–Crippen LogP) is -0.698. The summed E-state index contributed by atoms with van der Waals surface area (Å²) in [6, 6.07) is -0.000449. The minimum Gasteiger partial charge on any atom is -0.468 e. The van der Waals surface area contributed by atoms with E-state index in [0.717, 1.165) is 26.2 Å². The van der Waals surface area contributed by atoms with E-state index in [1.165, 1.54) is 7.11 Å². The highest BCUT2D eigenvalue weighted by molar-refractivity contribution is 5.83. The average Bonchev–Trinajstić information content (AvgIpc) is 2.36. The zero-order valence-corrected chi connectivity index (χ0v) is 11.4. The summed E-state index contributed by atoms with van der Waals surface area (Å²) in [5.41, 5.74) is 0. The first-order valence-corrected chi connectivity index (χ1v) is 6.34. The largest absolute Gasteiger partial charge is 0.468 e. The first-order chi connectivity index (χ1) is 8.54. The average molecular weight is 257 g/mol. The van der Waals surface area contributed by atoms with Gasteiger partial charge < -0.3 is 15.0 Å². The Bertz CT molecular complexity index is 288. The molecule has 1 amide bonds. The number of hydrogen-bond donors (Lipinski definition) is 1. The third-order valence-electron chi connectivity index (χ3n) is 3.04. The molecule has 18 heavy (non-hydrogen) atoms. The minimum atomic E-state index is -0.377. The molecule has 0 aromatic rings. The SMILES string of the molecule is COC(=O)CN(C(=O)CN1CCNCC1)C(C)C. The van der Waals surface area contributed by atoms with Crippen molar-refractivity contribution in [1.29, 1.82) is 0 Å². The molecule has 1 aliphatic rings. The van der Waals surface area contributed by atoms with Crippen LogP contribution < -0.4 is 5.32 Å². The number of esters is 1. The molecular weight excluding hydrogens is 234 g/mol. The van der Waals surface area contributed by atoms with Gasteiger partial charge in [0.05, 0.1) is 13.7 Å². The lowest BCUT2D eigenvalue weighted by Gasteiger charge is -2.31. The van der Waals surface area contributed by atoms with E-state index in [0.29, 0.717) is 6.54 Å². The Labute approximate surface area is 108 Å². The molecule has 6 nitrogen and oxygen atoms in total. The topological polar surface area (TPSA) is 61.9 Å². The van der Waals surface area contributed by atoms with E-state index in [1.807, 2.05) is 13.8 Å². The zero-order chi connectivity index (χ0) is 13.5. The Morgan fingerprint density at radius 3 is 2.44 bits per heavy atom. The molecule has 0 saturated carbocycles. The molecular formula is C12H23N3O3. The number of piperazine rings is 1. The summed E-state index contributed by atoms with van der Waals surface area (Å²) < 4.78 is 4.61.